The molecule has 0 radical (unpaired) electrons. The van der Waals surface area contributed by atoms with Crippen molar-refractivity contribution in [3.63, 3.8) is 0 Å². The molecule has 0 spiro atoms. The van der Waals surface area contributed by atoms with E-state index in [4.69, 9.17) is 0 Å². The van der Waals surface area contributed by atoms with E-state index in [1.165, 1.54) is 38.5 Å². The van der Waals surface area contributed by atoms with Gasteiger partial charge in [0.1, 0.15) is 0 Å². The summed E-state index contributed by atoms with van der Waals surface area (Å²) in [7, 11) is 0. The minimum Gasteiger partial charge on any atom is -0.0654 e. The molecule has 2 fully saturated rings. The number of unbranched alkanes of at least 4 members (excludes halogenated alkanes) is 1. The van der Waals surface area contributed by atoms with Crippen LogP contribution < -0.4 is 0 Å². The molecule has 0 aromatic rings. The quantitative estimate of drug-likeness (QED) is 0.606. The molecule has 14 heavy (non-hydrogen) atoms. The first-order chi connectivity index (χ1) is 6.92. The van der Waals surface area contributed by atoms with Crippen LogP contribution in [0.2, 0.25) is 0 Å². The Bertz CT molecular complexity index is 159. The summed E-state index contributed by atoms with van der Waals surface area (Å²) in [6, 6.07) is 0. The molecule has 0 aliphatic heterocycles. The molecular weight excluding hydrogens is 168 g/mol. The van der Waals surface area contributed by atoms with Crippen LogP contribution in [0.5, 0.6) is 0 Å². The first-order valence-electron chi connectivity index (χ1n) is 6.92. The lowest BCUT2D eigenvalue weighted by Gasteiger charge is -2.41. The molecule has 0 N–H and O–H groups in total. The third-order valence-electron chi connectivity index (χ3n) is 4.65. The standard InChI is InChI=1S/C14H26/c1-2-3-7-12-9-6-10-13-8-4-5-11-14(12)13/h12-14H,2-11H2,1H3/t12?,13-,14+/m1/s1. The summed E-state index contributed by atoms with van der Waals surface area (Å²) >= 11 is 0. The van der Waals surface area contributed by atoms with Gasteiger partial charge in [-0.1, -0.05) is 64.7 Å². The molecule has 0 nitrogen and oxygen atoms in total. The Hall–Kier alpha value is 0. The summed E-state index contributed by atoms with van der Waals surface area (Å²) in [6.45, 7) is 2.33. The monoisotopic (exact) mass is 194 g/mol. The van der Waals surface area contributed by atoms with Crippen LogP contribution in [0.3, 0.4) is 0 Å². The molecule has 2 aliphatic rings. The van der Waals surface area contributed by atoms with E-state index < -0.39 is 0 Å². The van der Waals surface area contributed by atoms with Crippen molar-refractivity contribution < 1.29 is 0 Å². The molecule has 2 aliphatic carbocycles. The zero-order chi connectivity index (χ0) is 9.80. The lowest BCUT2D eigenvalue weighted by molar-refractivity contribution is 0.0965. The van der Waals surface area contributed by atoms with Gasteiger partial charge >= 0.3 is 0 Å². The average Bonchev–Trinajstić information content (AvgIpc) is 2.26. The Kier molecular flexibility index (Phi) is 3.89. The molecule has 0 aromatic carbocycles. The van der Waals surface area contributed by atoms with Crippen molar-refractivity contribution in [3.8, 4) is 0 Å². The van der Waals surface area contributed by atoms with E-state index in [2.05, 4.69) is 6.92 Å². The predicted octanol–water partition coefficient (Wildman–Crippen LogP) is 4.78. The lowest BCUT2D eigenvalue weighted by atomic mass is 9.64. The van der Waals surface area contributed by atoms with E-state index in [-0.39, 0.29) is 0 Å². The second-order valence-electron chi connectivity index (χ2n) is 5.54. The summed E-state index contributed by atoms with van der Waals surface area (Å²) in [4.78, 5) is 0. The Balaban J connectivity index is 1.88. The van der Waals surface area contributed by atoms with Gasteiger partial charge in [-0.2, -0.15) is 0 Å². The Morgan fingerprint density at radius 1 is 0.929 bits per heavy atom. The highest BCUT2D eigenvalue weighted by molar-refractivity contribution is 4.84. The summed E-state index contributed by atoms with van der Waals surface area (Å²) in [6.07, 6.45) is 15.3. The molecule has 1 unspecified atom stereocenters. The smallest absolute Gasteiger partial charge is 0.0357 e. The van der Waals surface area contributed by atoms with Gasteiger partial charge in [-0.25, -0.2) is 0 Å². The maximum atomic E-state index is 2.33. The van der Waals surface area contributed by atoms with E-state index >= 15 is 0 Å². The van der Waals surface area contributed by atoms with Gasteiger partial charge in [0.15, 0.2) is 0 Å². The average molecular weight is 194 g/mol. The summed E-state index contributed by atoms with van der Waals surface area (Å²) in [5.74, 6) is 3.40. The van der Waals surface area contributed by atoms with Crippen molar-refractivity contribution in [2.45, 2.75) is 71.1 Å². The van der Waals surface area contributed by atoms with Crippen LogP contribution in [-0.2, 0) is 0 Å². The van der Waals surface area contributed by atoms with E-state index in [0.29, 0.717) is 0 Å². The minimum atomic E-state index is 1.12. The van der Waals surface area contributed by atoms with Gasteiger partial charge in [-0.3, -0.25) is 0 Å². The molecule has 2 rings (SSSR count). The molecule has 82 valence electrons. The topological polar surface area (TPSA) is 0 Å². The molecule has 2 saturated carbocycles. The fraction of sp³-hybridized carbons (Fsp3) is 1.00. The largest absolute Gasteiger partial charge is 0.0654 e. The first-order valence-corrected chi connectivity index (χ1v) is 6.92. The molecule has 0 heterocycles. The van der Waals surface area contributed by atoms with Crippen LogP contribution in [0, 0.1) is 17.8 Å². The van der Waals surface area contributed by atoms with Gasteiger partial charge in [-0.15, -0.1) is 0 Å². The lowest BCUT2D eigenvalue weighted by Crippen LogP contribution is -2.30. The van der Waals surface area contributed by atoms with Crippen molar-refractivity contribution in [3.05, 3.63) is 0 Å². The fourth-order valence-corrected chi connectivity index (χ4v) is 3.90. The van der Waals surface area contributed by atoms with Crippen LogP contribution in [-0.4, -0.2) is 0 Å². The number of hydrogen-bond acceptors (Lipinski definition) is 0. The van der Waals surface area contributed by atoms with E-state index in [0.717, 1.165) is 17.8 Å². The third-order valence-corrected chi connectivity index (χ3v) is 4.65. The van der Waals surface area contributed by atoms with Crippen LogP contribution in [0.15, 0.2) is 0 Å². The van der Waals surface area contributed by atoms with Gasteiger partial charge in [-0.05, 0) is 24.2 Å². The Morgan fingerprint density at radius 2 is 1.71 bits per heavy atom. The normalized spacial score (nSPS) is 37.9. The summed E-state index contributed by atoms with van der Waals surface area (Å²) in [5.41, 5.74) is 0. The molecule has 3 atom stereocenters. The molecule has 0 amide bonds. The number of hydrogen-bond donors (Lipinski definition) is 0. The third kappa shape index (κ3) is 2.32. The van der Waals surface area contributed by atoms with Crippen LogP contribution >= 0.6 is 0 Å². The fourth-order valence-electron chi connectivity index (χ4n) is 3.90. The van der Waals surface area contributed by atoms with Gasteiger partial charge in [0, 0.05) is 0 Å². The SMILES string of the molecule is CCCCC1CCC[C@H]2CCCC[C@@H]12. The second kappa shape index (κ2) is 5.19. The molecular formula is C14H26. The number of rotatable bonds is 3. The molecule has 0 heteroatoms. The number of fused-ring (bicyclic) bond motifs is 1. The first kappa shape index (κ1) is 10.5. The molecule has 0 bridgehead atoms. The van der Waals surface area contributed by atoms with Gasteiger partial charge < -0.3 is 0 Å². The maximum Gasteiger partial charge on any atom is -0.0357 e. The predicted molar refractivity (Wildman–Crippen MR) is 62.3 cm³/mol. The van der Waals surface area contributed by atoms with E-state index in [1.54, 1.807) is 25.7 Å². The van der Waals surface area contributed by atoms with Crippen LogP contribution in [0.1, 0.15) is 71.1 Å². The van der Waals surface area contributed by atoms with Crippen molar-refractivity contribution >= 4 is 0 Å². The molecule has 0 aromatic heterocycles. The van der Waals surface area contributed by atoms with Crippen molar-refractivity contribution in [2.24, 2.45) is 17.8 Å². The zero-order valence-electron chi connectivity index (χ0n) is 9.80. The van der Waals surface area contributed by atoms with Crippen molar-refractivity contribution in [2.75, 3.05) is 0 Å². The zero-order valence-corrected chi connectivity index (χ0v) is 9.80. The van der Waals surface area contributed by atoms with Gasteiger partial charge in [0.05, 0.1) is 0 Å². The van der Waals surface area contributed by atoms with Gasteiger partial charge in [0.2, 0.25) is 0 Å². The van der Waals surface area contributed by atoms with E-state index in [9.17, 15) is 0 Å². The van der Waals surface area contributed by atoms with Crippen LogP contribution in [0.4, 0.5) is 0 Å². The minimum absolute atomic E-state index is 1.12. The molecule has 0 saturated heterocycles. The Labute approximate surface area is 89.5 Å². The van der Waals surface area contributed by atoms with E-state index in [1.807, 2.05) is 0 Å². The van der Waals surface area contributed by atoms with Crippen LogP contribution in [0.25, 0.3) is 0 Å². The highest BCUT2D eigenvalue weighted by Gasteiger charge is 2.33. The maximum absolute atomic E-state index is 2.33. The highest BCUT2D eigenvalue weighted by atomic mass is 14.4. The Morgan fingerprint density at radius 3 is 2.57 bits per heavy atom. The summed E-state index contributed by atoms with van der Waals surface area (Å²) in [5, 5.41) is 0. The van der Waals surface area contributed by atoms with Crippen molar-refractivity contribution in [1.29, 1.82) is 0 Å². The second-order valence-corrected chi connectivity index (χ2v) is 5.54. The van der Waals surface area contributed by atoms with Crippen molar-refractivity contribution in [1.82, 2.24) is 0 Å². The highest BCUT2D eigenvalue weighted by Crippen LogP contribution is 2.45. The summed E-state index contributed by atoms with van der Waals surface area (Å²) < 4.78 is 0. The van der Waals surface area contributed by atoms with Gasteiger partial charge in [0.25, 0.3) is 0 Å².